The van der Waals surface area contributed by atoms with Gasteiger partial charge in [0.05, 0.1) is 27.1 Å². The molecule has 0 unspecified atom stereocenters. The third kappa shape index (κ3) is 10.7. The Hall–Kier alpha value is -6.25. The number of aliphatic hydroxyl groups excluding tert-OH is 1. The van der Waals surface area contributed by atoms with E-state index in [0.29, 0.717) is 24.5 Å². The zero-order valence-corrected chi connectivity index (χ0v) is 41.3. The smallest absolute Gasteiger partial charge is 0.434 e. The number of fused-ring (bicyclic) bond motifs is 6. The summed E-state index contributed by atoms with van der Waals surface area (Å²) in [5.74, 6) is -1.74. The minimum Gasteiger partial charge on any atom is -0.510 e. The summed E-state index contributed by atoms with van der Waals surface area (Å²) in [6.45, 7) is 0.345. The number of halogens is 2. The highest BCUT2D eigenvalue weighted by molar-refractivity contribution is 9.11. The van der Waals surface area contributed by atoms with E-state index in [1.165, 1.54) is 55.1 Å². The van der Waals surface area contributed by atoms with Crippen LogP contribution in [0.3, 0.4) is 0 Å². The summed E-state index contributed by atoms with van der Waals surface area (Å²) in [6, 6.07) is 32.4. The Morgan fingerprint density at radius 3 is 1.55 bits per heavy atom. The zero-order chi connectivity index (χ0) is 47.8. The van der Waals surface area contributed by atoms with E-state index in [-0.39, 0.29) is 52.7 Å². The van der Waals surface area contributed by atoms with Gasteiger partial charge in [-0.25, -0.2) is 24.0 Å². The molecular weight excluding hydrogens is 1050 g/mol. The number of hydrogen-bond donors (Lipinski definition) is 3. The maximum atomic E-state index is 12.4. The highest BCUT2D eigenvalue weighted by Gasteiger charge is 2.33. The van der Waals surface area contributed by atoms with Crippen molar-refractivity contribution in [2.24, 2.45) is 4.99 Å². The molecule has 19 heteroatoms. The topological polar surface area (TPSA) is 202 Å². The average Bonchev–Trinajstić information content (AvgIpc) is 4.15. The average molecular weight is 1090 g/mol. The molecule has 67 heavy (non-hydrogen) atoms. The molecule has 6 aromatic rings. The molecule has 3 aliphatic rings. The van der Waals surface area contributed by atoms with Crippen molar-refractivity contribution in [1.82, 2.24) is 0 Å². The Morgan fingerprint density at radius 2 is 1.09 bits per heavy atom. The van der Waals surface area contributed by atoms with Gasteiger partial charge in [0.25, 0.3) is 0 Å². The Kier molecular flexibility index (Phi) is 16.0. The molecule has 14 nitrogen and oxygen atoms in total. The standard InChI is InChI=1S/C21H16BrNO4S.C21H17NO5S.C6H6BrNO2S/c1-26-20(24)18-17(22)11-28-19(18)23-21(25)27-10-16-14-8-4-2-6-12(14)13-7-3-5-9-15(13)16;1-26-20(24)18-17(23)11-28-19(18)22-21(25)27-10-16-14-8-4-2-6-12(14)13-7-3-5-9-15(13)16;1-10-6(9)4-3(7)2-11-5(4)8/h2-9,11,16H,10H2,1H3,(H,23,25);2-9,16,23H,10-11H2,1H3;2H,8H2,1H3. The number of carbonyl (C=O) groups excluding carboxylic acids is 5. The summed E-state index contributed by atoms with van der Waals surface area (Å²) < 4.78 is 26.1. The molecule has 1 aliphatic heterocycles. The fourth-order valence-electron chi connectivity index (χ4n) is 7.61. The normalized spacial score (nSPS) is 13.7. The van der Waals surface area contributed by atoms with Crippen LogP contribution in [-0.2, 0) is 28.5 Å². The van der Waals surface area contributed by atoms with Crippen LogP contribution in [-0.4, -0.2) is 80.5 Å². The molecule has 0 saturated heterocycles. The summed E-state index contributed by atoms with van der Waals surface area (Å²) in [5.41, 5.74) is 15.2. The van der Waals surface area contributed by atoms with Crippen molar-refractivity contribution in [3.05, 3.63) is 161 Å². The molecule has 0 fully saturated rings. The van der Waals surface area contributed by atoms with E-state index < -0.39 is 30.1 Å². The van der Waals surface area contributed by atoms with Crippen molar-refractivity contribution in [3.8, 4) is 22.3 Å². The number of anilines is 2. The molecule has 0 saturated carbocycles. The van der Waals surface area contributed by atoms with Crippen LogP contribution in [0.4, 0.5) is 19.6 Å². The Bertz CT molecular complexity index is 2840. The second-order valence-corrected chi connectivity index (χ2v) is 18.8. The van der Waals surface area contributed by atoms with Crippen molar-refractivity contribution in [1.29, 1.82) is 0 Å². The van der Waals surface area contributed by atoms with Gasteiger partial charge in [-0.1, -0.05) is 109 Å². The van der Waals surface area contributed by atoms with Crippen molar-refractivity contribution in [3.63, 3.8) is 0 Å². The van der Waals surface area contributed by atoms with Crippen LogP contribution in [0.25, 0.3) is 22.3 Å². The number of thioether (sulfide) groups is 1. The molecule has 4 aromatic carbocycles. The molecule has 0 bridgehead atoms. The van der Waals surface area contributed by atoms with Gasteiger partial charge in [0.2, 0.25) is 0 Å². The number of thiophene rings is 2. The number of nitrogen functional groups attached to an aromatic ring is 1. The third-order valence-electron chi connectivity index (χ3n) is 10.6. The predicted octanol–water partition coefficient (Wildman–Crippen LogP) is 11.6. The summed E-state index contributed by atoms with van der Waals surface area (Å²) >= 11 is 10.1. The number of aliphatic hydroxyl groups is 1. The van der Waals surface area contributed by atoms with Gasteiger partial charge in [-0.3, -0.25) is 5.32 Å². The predicted molar refractivity (Wildman–Crippen MR) is 266 cm³/mol. The summed E-state index contributed by atoms with van der Waals surface area (Å²) in [5, 5.41) is 16.9. The molecule has 9 rings (SSSR count). The first kappa shape index (κ1) is 48.7. The second kappa shape index (κ2) is 22.0. The number of hydrogen-bond acceptors (Lipinski definition) is 15. The number of ether oxygens (including phenoxy) is 5. The van der Waals surface area contributed by atoms with E-state index >= 15 is 0 Å². The van der Waals surface area contributed by atoms with E-state index in [1.807, 2.05) is 60.7 Å². The first-order valence-electron chi connectivity index (χ1n) is 20.0. The van der Waals surface area contributed by atoms with Crippen molar-refractivity contribution in [2.75, 3.05) is 51.3 Å². The van der Waals surface area contributed by atoms with Crippen molar-refractivity contribution >= 4 is 111 Å². The minimum absolute atomic E-state index is 0.0201. The van der Waals surface area contributed by atoms with Crippen LogP contribution in [0.1, 0.15) is 54.8 Å². The number of amides is 2. The monoisotopic (exact) mass is 1090 g/mol. The van der Waals surface area contributed by atoms with Crippen molar-refractivity contribution < 1.29 is 52.8 Å². The van der Waals surface area contributed by atoms with Gasteiger partial charge < -0.3 is 34.5 Å². The molecule has 0 spiro atoms. The van der Waals surface area contributed by atoms with Gasteiger partial charge in [-0.15, -0.1) is 22.7 Å². The molecular formula is C48H39Br2N3O11S3. The number of nitrogens with one attached hydrogen (secondary N) is 1. The van der Waals surface area contributed by atoms with Gasteiger partial charge in [-0.2, -0.15) is 4.99 Å². The van der Waals surface area contributed by atoms with Crippen LogP contribution in [0.15, 0.2) is 133 Å². The lowest BCUT2D eigenvalue weighted by Crippen LogP contribution is -2.18. The van der Waals surface area contributed by atoms with E-state index in [4.69, 9.17) is 19.9 Å². The maximum absolute atomic E-state index is 12.4. The van der Waals surface area contributed by atoms with Gasteiger partial charge in [0, 0.05) is 31.5 Å². The molecule has 0 atom stereocenters. The number of carbonyl (C=O) groups is 5. The number of methoxy groups -OCH3 is 3. The maximum Gasteiger partial charge on any atom is 0.434 e. The highest BCUT2D eigenvalue weighted by atomic mass is 79.9. The minimum atomic E-state index is -0.805. The molecule has 4 N–H and O–H groups in total. The molecule has 2 amide bonds. The lowest BCUT2D eigenvalue weighted by Gasteiger charge is -2.14. The number of nitrogens with two attached hydrogens (primary N) is 1. The Balaban J connectivity index is 0.000000163. The van der Waals surface area contributed by atoms with E-state index in [9.17, 15) is 29.1 Å². The Morgan fingerprint density at radius 1 is 0.657 bits per heavy atom. The first-order valence-corrected chi connectivity index (χ1v) is 24.3. The van der Waals surface area contributed by atoms with Gasteiger partial charge in [-0.05, 0) is 76.4 Å². The van der Waals surface area contributed by atoms with Crippen molar-refractivity contribution in [2.45, 2.75) is 11.8 Å². The molecule has 2 aliphatic carbocycles. The van der Waals surface area contributed by atoms with E-state index in [2.05, 4.69) is 88.0 Å². The number of aliphatic imine (C=N–C) groups is 1. The van der Waals surface area contributed by atoms with Crippen LogP contribution >= 0.6 is 66.3 Å². The van der Waals surface area contributed by atoms with Crippen LogP contribution in [0, 0.1) is 0 Å². The summed E-state index contributed by atoms with van der Waals surface area (Å²) in [4.78, 5) is 63.1. The highest BCUT2D eigenvalue weighted by Crippen LogP contribution is 2.46. The fraction of sp³-hybridized carbons (Fsp3) is 0.167. The zero-order valence-electron chi connectivity index (χ0n) is 35.7. The lowest BCUT2D eigenvalue weighted by molar-refractivity contribution is -0.135. The van der Waals surface area contributed by atoms with Crippen LogP contribution < -0.4 is 11.1 Å². The summed E-state index contributed by atoms with van der Waals surface area (Å²) in [6.07, 6.45) is -1.41. The number of rotatable bonds is 8. The molecule has 2 aromatic heterocycles. The number of nitrogens with zero attached hydrogens (tertiary/aromatic N) is 1. The quantitative estimate of drug-likeness (QED) is 0.0961. The van der Waals surface area contributed by atoms with Crippen LogP contribution in [0.5, 0.6) is 0 Å². The number of esters is 3. The molecule has 3 heterocycles. The Labute approximate surface area is 413 Å². The van der Waals surface area contributed by atoms with E-state index in [0.717, 1.165) is 45.1 Å². The molecule has 0 radical (unpaired) electrons. The number of benzene rings is 4. The van der Waals surface area contributed by atoms with Gasteiger partial charge in [0.1, 0.15) is 50.7 Å². The SMILES string of the molecule is COC(=O)C1=C(O)CSC1=NC(=O)OCC1c2ccccc2-c2ccccc21.COC(=O)c1c(Br)csc1N.COC(=O)c1c(Br)csc1NC(=O)OCC1c2ccccc2-c2ccccc21. The third-order valence-corrected chi connectivity index (χ3v) is 15.2. The summed E-state index contributed by atoms with van der Waals surface area (Å²) in [7, 11) is 3.83. The molecule has 344 valence electrons. The van der Waals surface area contributed by atoms with E-state index in [1.54, 1.807) is 10.8 Å². The second-order valence-electron chi connectivity index (χ2n) is 14.4. The van der Waals surface area contributed by atoms with Crippen LogP contribution in [0.2, 0.25) is 0 Å². The van der Waals surface area contributed by atoms with Gasteiger partial charge >= 0.3 is 30.1 Å². The fourth-order valence-corrected chi connectivity index (χ4v) is 11.5. The lowest BCUT2D eigenvalue weighted by atomic mass is 9.98. The first-order chi connectivity index (χ1) is 32.4. The largest absolute Gasteiger partial charge is 0.510 e. The van der Waals surface area contributed by atoms with Gasteiger partial charge in [0.15, 0.2) is 0 Å².